The Balaban J connectivity index is 1.48. The highest BCUT2D eigenvalue weighted by atomic mass is 15.3. The number of nitrogens with zero attached hydrogens (tertiary/aromatic N) is 5. The van der Waals surface area contributed by atoms with Gasteiger partial charge in [0.15, 0.2) is 0 Å². The van der Waals surface area contributed by atoms with Crippen LogP contribution in [0.4, 0.5) is 5.69 Å². The van der Waals surface area contributed by atoms with Gasteiger partial charge in [-0.15, -0.1) is 0 Å². The van der Waals surface area contributed by atoms with Gasteiger partial charge in [0.25, 0.3) is 0 Å². The lowest BCUT2D eigenvalue weighted by Gasteiger charge is -2.56. The van der Waals surface area contributed by atoms with Gasteiger partial charge < -0.3 is 10.2 Å². The van der Waals surface area contributed by atoms with Gasteiger partial charge >= 0.3 is 0 Å². The highest BCUT2D eigenvalue weighted by molar-refractivity contribution is 5.76. The molecule has 0 radical (unpaired) electrons. The summed E-state index contributed by atoms with van der Waals surface area (Å²) >= 11 is 0. The number of anilines is 1. The van der Waals surface area contributed by atoms with E-state index in [2.05, 4.69) is 38.7 Å². The summed E-state index contributed by atoms with van der Waals surface area (Å²) in [6.45, 7) is 4.61. The predicted molar refractivity (Wildman–Crippen MR) is 84.9 cm³/mol. The highest BCUT2D eigenvalue weighted by Crippen LogP contribution is 2.39. The number of fused-ring (bicyclic) bond motifs is 1. The van der Waals surface area contributed by atoms with E-state index in [9.17, 15) is 0 Å². The van der Waals surface area contributed by atoms with Gasteiger partial charge in [-0.05, 0) is 6.07 Å². The Bertz CT molecular complexity index is 849. The minimum atomic E-state index is 0.532. The van der Waals surface area contributed by atoms with Crippen molar-refractivity contribution in [3.8, 4) is 11.1 Å². The van der Waals surface area contributed by atoms with E-state index in [-0.39, 0.29) is 0 Å². The number of hydrogen-bond donors (Lipinski definition) is 1. The third-order valence-corrected chi connectivity index (χ3v) is 4.93. The molecule has 1 spiro atoms. The van der Waals surface area contributed by atoms with E-state index in [1.165, 1.54) is 11.2 Å². The standard InChI is InChI=1S/C16H18N6/c1-20-6-13(4-18-20)12-2-3-14-15(5-19-22(14)7-12)21-10-16(11-21)8-17-9-16/h2-7,17H,8-11H2,1H3. The van der Waals surface area contributed by atoms with Crippen molar-refractivity contribution in [3.63, 3.8) is 0 Å². The number of rotatable bonds is 2. The van der Waals surface area contributed by atoms with Crippen molar-refractivity contribution in [1.82, 2.24) is 24.7 Å². The van der Waals surface area contributed by atoms with Crippen LogP contribution in [0.15, 0.2) is 36.9 Å². The number of aryl methyl sites for hydroxylation is 1. The summed E-state index contributed by atoms with van der Waals surface area (Å²) in [6, 6.07) is 4.31. The fraction of sp³-hybridized carbons (Fsp3) is 0.375. The van der Waals surface area contributed by atoms with Crippen molar-refractivity contribution in [3.05, 3.63) is 36.9 Å². The molecule has 0 aromatic carbocycles. The lowest BCUT2D eigenvalue weighted by atomic mass is 9.74. The second-order valence-electron chi connectivity index (χ2n) is 6.64. The van der Waals surface area contributed by atoms with Crippen LogP contribution in [0.1, 0.15) is 0 Å². The van der Waals surface area contributed by atoms with Crippen LogP contribution in [-0.4, -0.2) is 45.6 Å². The summed E-state index contributed by atoms with van der Waals surface area (Å²) in [5.41, 5.74) is 5.21. The van der Waals surface area contributed by atoms with Crippen LogP contribution in [0.3, 0.4) is 0 Å². The Labute approximate surface area is 128 Å². The predicted octanol–water partition coefficient (Wildman–Crippen LogP) is 1.14. The second-order valence-corrected chi connectivity index (χ2v) is 6.64. The average molecular weight is 294 g/mol. The Hall–Kier alpha value is -2.34. The Morgan fingerprint density at radius 3 is 2.59 bits per heavy atom. The van der Waals surface area contributed by atoms with Crippen molar-refractivity contribution < 1.29 is 0 Å². The number of nitrogens with one attached hydrogen (secondary N) is 1. The molecule has 2 aliphatic heterocycles. The molecular formula is C16H18N6. The molecule has 5 rings (SSSR count). The van der Waals surface area contributed by atoms with Crippen molar-refractivity contribution in [2.75, 3.05) is 31.1 Å². The quantitative estimate of drug-likeness (QED) is 0.770. The minimum absolute atomic E-state index is 0.532. The molecule has 5 heterocycles. The first-order valence-electron chi connectivity index (χ1n) is 7.65. The zero-order valence-corrected chi connectivity index (χ0v) is 12.5. The van der Waals surface area contributed by atoms with Crippen molar-refractivity contribution in [2.24, 2.45) is 12.5 Å². The van der Waals surface area contributed by atoms with Crippen LogP contribution in [-0.2, 0) is 7.05 Å². The Kier molecular flexibility index (Phi) is 2.28. The molecule has 6 nitrogen and oxygen atoms in total. The molecule has 112 valence electrons. The Morgan fingerprint density at radius 1 is 1.05 bits per heavy atom. The van der Waals surface area contributed by atoms with Gasteiger partial charge in [-0.25, -0.2) is 4.52 Å². The number of pyridine rings is 1. The highest BCUT2D eigenvalue weighted by Gasteiger charge is 2.48. The van der Waals surface area contributed by atoms with Crippen LogP contribution >= 0.6 is 0 Å². The van der Waals surface area contributed by atoms with Crippen molar-refractivity contribution >= 4 is 11.2 Å². The molecular weight excluding hydrogens is 276 g/mol. The van der Waals surface area contributed by atoms with Gasteiger partial charge in [-0.2, -0.15) is 10.2 Å². The molecule has 22 heavy (non-hydrogen) atoms. The third kappa shape index (κ3) is 1.64. The minimum Gasteiger partial charge on any atom is -0.367 e. The molecule has 0 bridgehead atoms. The summed E-state index contributed by atoms with van der Waals surface area (Å²) in [5.74, 6) is 0. The van der Waals surface area contributed by atoms with E-state index in [0.29, 0.717) is 5.41 Å². The Morgan fingerprint density at radius 2 is 1.91 bits per heavy atom. The summed E-state index contributed by atoms with van der Waals surface area (Å²) in [7, 11) is 1.93. The maximum Gasteiger partial charge on any atom is 0.0896 e. The second kappa shape index (κ2) is 4.10. The average Bonchev–Trinajstić information content (AvgIpc) is 3.02. The molecule has 0 aliphatic carbocycles. The number of hydrogen-bond acceptors (Lipinski definition) is 4. The van der Waals surface area contributed by atoms with Gasteiger partial charge in [-0.3, -0.25) is 4.68 Å². The zero-order chi connectivity index (χ0) is 14.7. The molecule has 3 aromatic rings. The van der Waals surface area contributed by atoms with Gasteiger partial charge in [0.2, 0.25) is 0 Å². The summed E-state index contributed by atoms with van der Waals surface area (Å²) in [6.07, 6.45) is 7.97. The van der Waals surface area contributed by atoms with Gasteiger partial charge in [0.1, 0.15) is 0 Å². The summed E-state index contributed by atoms with van der Waals surface area (Å²) < 4.78 is 3.79. The zero-order valence-electron chi connectivity index (χ0n) is 12.5. The first-order chi connectivity index (χ1) is 10.7. The first-order valence-corrected chi connectivity index (χ1v) is 7.65. The van der Waals surface area contributed by atoms with Crippen LogP contribution in [0, 0.1) is 5.41 Å². The van der Waals surface area contributed by atoms with Crippen molar-refractivity contribution in [1.29, 1.82) is 0 Å². The molecule has 2 fully saturated rings. The first kappa shape index (κ1) is 12.2. The fourth-order valence-electron chi connectivity index (χ4n) is 3.59. The molecule has 0 atom stereocenters. The molecule has 1 N–H and O–H groups in total. The molecule has 3 aromatic heterocycles. The largest absolute Gasteiger partial charge is 0.367 e. The van der Waals surface area contributed by atoms with E-state index in [1.807, 2.05) is 34.8 Å². The van der Waals surface area contributed by atoms with Crippen LogP contribution in [0.2, 0.25) is 0 Å². The SMILES string of the molecule is Cn1cc(-c2ccc3c(N4CC5(CNC5)C4)cnn3c2)cn1. The fourth-order valence-corrected chi connectivity index (χ4v) is 3.59. The summed E-state index contributed by atoms with van der Waals surface area (Å²) in [5, 5.41) is 12.2. The normalized spacial score (nSPS) is 19.4. The summed E-state index contributed by atoms with van der Waals surface area (Å²) in [4.78, 5) is 2.44. The topological polar surface area (TPSA) is 50.4 Å². The maximum absolute atomic E-state index is 4.54. The van der Waals surface area contributed by atoms with Crippen LogP contribution in [0.25, 0.3) is 16.6 Å². The molecule has 0 unspecified atom stereocenters. The maximum atomic E-state index is 4.54. The van der Waals surface area contributed by atoms with E-state index in [0.717, 1.165) is 37.3 Å². The van der Waals surface area contributed by atoms with Crippen molar-refractivity contribution in [2.45, 2.75) is 0 Å². The smallest absolute Gasteiger partial charge is 0.0896 e. The number of aromatic nitrogens is 4. The van der Waals surface area contributed by atoms with Gasteiger partial charge in [0, 0.05) is 62.2 Å². The van der Waals surface area contributed by atoms with Crippen LogP contribution < -0.4 is 10.2 Å². The van der Waals surface area contributed by atoms with Gasteiger partial charge in [0.05, 0.1) is 23.6 Å². The molecule has 6 heteroatoms. The molecule has 2 aliphatic rings. The van der Waals surface area contributed by atoms with E-state index in [4.69, 9.17) is 0 Å². The lowest BCUT2D eigenvalue weighted by Crippen LogP contribution is -2.71. The lowest BCUT2D eigenvalue weighted by molar-refractivity contribution is 0.121. The van der Waals surface area contributed by atoms with E-state index < -0.39 is 0 Å². The van der Waals surface area contributed by atoms with E-state index in [1.54, 1.807) is 0 Å². The monoisotopic (exact) mass is 294 g/mol. The molecule has 0 amide bonds. The van der Waals surface area contributed by atoms with E-state index >= 15 is 0 Å². The molecule has 2 saturated heterocycles. The van der Waals surface area contributed by atoms with Crippen LogP contribution in [0.5, 0.6) is 0 Å². The third-order valence-electron chi connectivity index (χ3n) is 4.93. The van der Waals surface area contributed by atoms with Gasteiger partial charge in [-0.1, -0.05) is 6.07 Å². The molecule has 0 saturated carbocycles.